The van der Waals surface area contributed by atoms with Gasteiger partial charge >= 0.3 is 0 Å². The second-order valence-electron chi connectivity index (χ2n) is 5.77. The fraction of sp³-hybridized carbons (Fsp3) is 0.867. The molecule has 0 saturated heterocycles. The fourth-order valence-corrected chi connectivity index (χ4v) is 3.26. The Morgan fingerprint density at radius 1 is 1.47 bits per heavy atom. The van der Waals surface area contributed by atoms with Crippen LogP contribution in [0, 0.1) is 17.8 Å². The Hall–Kier alpha value is -0.520. The molecule has 1 fully saturated rings. The van der Waals surface area contributed by atoms with Gasteiger partial charge in [-0.3, -0.25) is 0 Å². The molecule has 0 aliphatic heterocycles. The van der Waals surface area contributed by atoms with Crippen molar-refractivity contribution in [3.8, 4) is 11.8 Å². The lowest BCUT2D eigenvalue weighted by Gasteiger charge is -2.49. The lowest BCUT2D eigenvalue weighted by Crippen LogP contribution is -2.59. The van der Waals surface area contributed by atoms with Crippen LogP contribution >= 0.6 is 0 Å². The molecule has 0 aromatic rings. The van der Waals surface area contributed by atoms with Gasteiger partial charge < -0.3 is 10.6 Å². The van der Waals surface area contributed by atoms with Crippen molar-refractivity contribution in [1.82, 2.24) is 4.90 Å². The van der Waals surface area contributed by atoms with Crippen molar-refractivity contribution in [3.05, 3.63) is 0 Å². The van der Waals surface area contributed by atoms with E-state index in [1.165, 1.54) is 25.7 Å². The van der Waals surface area contributed by atoms with Crippen LogP contribution in [0.4, 0.5) is 0 Å². The largest absolute Gasteiger partial charge is 0.326 e. The molecule has 0 aromatic carbocycles. The Morgan fingerprint density at radius 2 is 2.18 bits per heavy atom. The summed E-state index contributed by atoms with van der Waals surface area (Å²) in [6.45, 7) is 4.26. The second-order valence-corrected chi connectivity index (χ2v) is 5.77. The topological polar surface area (TPSA) is 29.3 Å². The zero-order chi connectivity index (χ0) is 12.9. The molecule has 0 aromatic heterocycles. The molecule has 2 nitrogen and oxygen atoms in total. The third-order valence-electron chi connectivity index (χ3n) is 4.35. The summed E-state index contributed by atoms with van der Waals surface area (Å²) in [6, 6.07) is 0.251. The molecule has 0 spiro atoms. The number of likely N-dealkylation sites (N-methyl/N-ethyl adjacent to an activating group) is 1. The van der Waals surface area contributed by atoms with Crippen LogP contribution in [0.15, 0.2) is 0 Å². The summed E-state index contributed by atoms with van der Waals surface area (Å²) in [5, 5.41) is 0. The molecule has 1 saturated carbocycles. The SMILES string of the molecule is CC#CCCC(N)C1(N(C)C)CCCC(C)C1. The highest BCUT2D eigenvalue weighted by Crippen LogP contribution is 2.38. The van der Waals surface area contributed by atoms with Crippen LogP contribution in [0.25, 0.3) is 0 Å². The van der Waals surface area contributed by atoms with Crippen molar-refractivity contribution in [3.63, 3.8) is 0 Å². The standard InChI is InChI=1S/C15H28N2/c1-5-6-7-10-14(16)15(17(3)4)11-8-9-13(2)12-15/h13-14H,7-12,16H2,1-4H3. The molecule has 0 amide bonds. The molecule has 2 N–H and O–H groups in total. The van der Waals surface area contributed by atoms with Gasteiger partial charge in [0.15, 0.2) is 0 Å². The molecule has 1 rings (SSSR count). The Morgan fingerprint density at radius 3 is 2.71 bits per heavy atom. The second kappa shape index (κ2) is 6.42. The monoisotopic (exact) mass is 236 g/mol. The van der Waals surface area contributed by atoms with E-state index in [2.05, 4.69) is 37.8 Å². The Labute approximate surface area is 107 Å². The van der Waals surface area contributed by atoms with E-state index in [1.807, 2.05) is 6.92 Å². The Bertz CT molecular complexity index is 287. The van der Waals surface area contributed by atoms with E-state index < -0.39 is 0 Å². The van der Waals surface area contributed by atoms with Gasteiger partial charge in [-0.15, -0.1) is 11.8 Å². The van der Waals surface area contributed by atoms with Crippen LogP contribution < -0.4 is 5.73 Å². The van der Waals surface area contributed by atoms with Crippen molar-refractivity contribution in [2.24, 2.45) is 11.7 Å². The molecule has 1 aliphatic carbocycles. The summed E-state index contributed by atoms with van der Waals surface area (Å²) in [5.74, 6) is 6.89. The first-order chi connectivity index (χ1) is 8.03. The van der Waals surface area contributed by atoms with Crippen molar-refractivity contribution in [2.45, 2.75) is 64.0 Å². The molecular formula is C15H28N2. The van der Waals surface area contributed by atoms with Crippen LogP contribution in [0.5, 0.6) is 0 Å². The minimum Gasteiger partial charge on any atom is -0.326 e. The molecule has 98 valence electrons. The van der Waals surface area contributed by atoms with E-state index in [4.69, 9.17) is 5.73 Å². The summed E-state index contributed by atoms with van der Waals surface area (Å²) in [4.78, 5) is 2.37. The van der Waals surface area contributed by atoms with Crippen molar-refractivity contribution in [2.75, 3.05) is 14.1 Å². The minimum absolute atomic E-state index is 0.201. The molecule has 0 radical (unpaired) electrons. The molecule has 0 heterocycles. The molecule has 3 atom stereocenters. The predicted molar refractivity (Wildman–Crippen MR) is 74.7 cm³/mol. The van der Waals surface area contributed by atoms with Gasteiger partial charge in [0, 0.05) is 18.0 Å². The summed E-state index contributed by atoms with van der Waals surface area (Å²) in [5.41, 5.74) is 6.68. The van der Waals surface area contributed by atoms with E-state index in [0.29, 0.717) is 0 Å². The fourth-order valence-electron chi connectivity index (χ4n) is 3.26. The smallest absolute Gasteiger partial charge is 0.0357 e. The lowest BCUT2D eigenvalue weighted by molar-refractivity contribution is 0.0481. The predicted octanol–water partition coefficient (Wildman–Crippen LogP) is 2.63. The molecule has 17 heavy (non-hydrogen) atoms. The van der Waals surface area contributed by atoms with Crippen LogP contribution in [-0.2, 0) is 0 Å². The van der Waals surface area contributed by atoms with Crippen molar-refractivity contribution in [1.29, 1.82) is 0 Å². The average Bonchev–Trinajstić information content (AvgIpc) is 2.28. The van der Waals surface area contributed by atoms with Gasteiger partial charge in [0.1, 0.15) is 0 Å². The summed E-state index contributed by atoms with van der Waals surface area (Å²) < 4.78 is 0. The van der Waals surface area contributed by atoms with E-state index in [9.17, 15) is 0 Å². The first kappa shape index (κ1) is 14.5. The van der Waals surface area contributed by atoms with Gasteiger partial charge in [-0.25, -0.2) is 0 Å². The first-order valence-corrected chi connectivity index (χ1v) is 6.85. The van der Waals surface area contributed by atoms with E-state index >= 15 is 0 Å². The Balaban J connectivity index is 2.71. The average molecular weight is 236 g/mol. The van der Waals surface area contributed by atoms with Gasteiger partial charge in [-0.05, 0) is 46.2 Å². The molecular weight excluding hydrogens is 208 g/mol. The Kier molecular flexibility index (Phi) is 5.49. The van der Waals surface area contributed by atoms with Gasteiger partial charge in [-0.1, -0.05) is 19.8 Å². The molecule has 1 aliphatic rings. The number of hydrogen-bond acceptors (Lipinski definition) is 2. The molecule has 0 bridgehead atoms. The number of nitrogens with zero attached hydrogens (tertiary/aromatic N) is 1. The maximum absolute atomic E-state index is 6.48. The van der Waals surface area contributed by atoms with Crippen LogP contribution in [0.1, 0.15) is 52.4 Å². The third-order valence-corrected chi connectivity index (χ3v) is 4.35. The van der Waals surface area contributed by atoms with E-state index in [0.717, 1.165) is 18.8 Å². The quantitative estimate of drug-likeness (QED) is 0.760. The van der Waals surface area contributed by atoms with Crippen LogP contribution in [-0.4, -0.2) is 30.6 Å². The third kappa shape index (κ3) is 3.47. The minimum atomic E-state index is 0.201. The highest BCUT2D eigenvalue weighted by atomic mass is 15.2. The van der Waals surface area contributed by atoms with Gasteiger partial charge in [0.05, 0.1) is 0 Å². The maximum atomic E-state index is 6.48. The highest BCUT2D eigenvalue weighted by molar-refractivity contribution is 5.03. The summed E-state index contributed by atoms with van der Waals surface area (Å²) in [7, 11) is 4.37. The van der Waals surface area contributed by atoms with Crippen LogP contribution in [0.2, 0.25) is 0 Å². The molecule has 2 heteroatoms. The summed E-state index contributed by atoms with van der Waals surface area (Å²) >= 11 is 0. The molecule has 3 unspecified atom stereocenters. The van der Waals surface area contributed by atoms with Gasteiger partial charge in [-0.2, -0.15) is 0 Å². The normalized spacial score (nSPS) is 30.8. The van der Waals surface area contributed by atoms with Crippen molar-refractivity contribution < 1.29 is 0 Å². The maximum Gasteiger partial charge on any atom is 0.0357 e. The van der Waals surface area contributed by atoms with E-state index in [1.54, 1.807) is 0 Å². The number of nitrogens with two attached hydrogens (primary N) is 1. The number of rotatable bonds is 4. The van der Waals surface area contributed by atoms with Crippen LogP contribution in [0.3, 0.4) is 0 Å². The summed E-state index contributed by atoms with van der Waals surface area (Å²) in [6.07, 6.45) is 7.10. The van der Waals surface area contributed by atoms with Gasteiger partial charge in [0.2, 0.25) is 0 Å². The van der Waals surface area contributed by atoms with Crippen molar-refractivity contribution >= 4 is 0 Å². The van der Waals surface area contributed by atoms with Gasteiger partial charge in [0.25, 0.3) is 0 Å². The van der Waals surface area contributed by atoms with E-state index in [-0.39, 0.29) is 11.6 Å². The zero-order valence-corrected chi connectivity index (χ0v) is 11.9. The lowest BCUT2D eigenvalue weighted by atomic mass is 9.70. The first-order valence-electron chi connectivity index (χ1n) is 6.85. The number of hydrogen-bond donors (Lipinski definition) is 1. The highest BCUT2D eigenvalue weighted by Gasteiger charge is 2.41. The zero-order valence-electron chi connectivity index (χ0n) is 11.9.